The lowest BCUT2D eigenvalue weighted by Gasteiger charge is -2.33. The van der Waals surface area contributed by atoms with Crippen LogP contribution in [0, 0.1) is 11.8 Å². The average molecular weight is 369 g/mol. The van der Waals surface area contributed by atoms with Gasteiger partial charge < -0.3 is 14.2 Å². The molecule has 22 heavy (non-hydrogen) atoms. The van der Waals surface area contributed by atoms with E-state index in [2.05, 4.69) is 40.4 Å². The first-order chi connectivity index (χ1) is 10.4. The summed E-state index contributed by atoms with van der Waals surface area (Å²) in [4.78, 5) is 0. The second-order valence-electron chi connectivity index (χ2n) is 6.41. The van der Waals surface area contributed by atoms with Gasteiger partial charge in [0.2, 0.25) is 0 Å². The molecule has 1 aliphatic carbocycles. The molecule has 1 heterocycles. The lowest BCUT2D eigenvalue weighted by Crippen LogP contribution is -2.41. The predicted molar refractivity (Wildman–Crippen MR) is 91.7 cm³/mol. The van der Waals surface area contributed by atoms with Crippen LogP contribution in [-0.2, 0) is 14.2 Å². The highest BCUT2D eigenvalue weighted by Gasteiger charge is 2.54. The Morgan fingerprint density at radius 3 is 3.00 bits per heavy atom. The van der Waals surface area contributed by atoms with Crippen LogP contribution in [-0.4, -0.2) is 30.7 Å². The summed E-state index contributed by atoms with van der Waals surface area (Å²) in [5.74, 6) is 5.66. The fourth-order valence-electron chi connectivity index (χ4n) is 2.79. The zero-order valence-electron chi connectivity index (χ0n) is 13.7. The SMILES string of the molecule is C=C(C)CCOCC#C[C@@H]1OC(C)(C)O[C@@]12CCCC=C2Br. The maximum absolute atomic E-state index is 6.22. The van der Waals surface area contributed by atoms with Crippen LogP contribution < -0.4 is 0 Å². The second kappa shape index (κ2) is 7.31. The van der Waals surface area contributed by atoms with Crippen molar-refractivity contribution in [2.45, 2.75) is 63.9 Å². The summed E-state index contributed by atoms with van der Waals surface area (Å²) < 4.78 is 18.8. The van der Waals surface area contributed by atoms with E-state index < -0.39 is 11.4 Å². The van der Waals surface area contributed by atoms with Gasteiger partial charge >= 0.3 is 0 Å². The van der Waals surface area contributed by atoms with Crippen molar-refractivity contribution >= 4 is 15.9 Å². The highest BCUT2D eigenvalue weighted by atomic mass is 79.9. The molecule has 2 aliphatic rings. The van der Waals surface area contributed by atoms with Gasteiger partial charge in [-0.15, -0.1) is 6.58 Å². The van der Waals surface area contributed by atoms with Gasteiger partial charge in [-0.3, -0.25) is 0 Å². The average Bonchev–Trinajstić information content (AvgIpc) is 2.68. The van der Waals surface area contributed by atoms with Gasteiger partial charge in [0.25, 0.3) is 0 Å². The molecule has 0 radical (unpaired) electrons. The molecule has 0 unspecified atom stereocenters. The van der Waals surface area contributed by atoms with Crippen molar-refractivity contribution in [2.24, 2.45) is 0 Å². The Morgan fingerprint density at radius 2 is 2.32 bits per heavy atom. The molecule has 2 rings (SSSR count). The Balaban J connectivity index is 2.01. The molecule has 1 aliphatic heterocycles. The predicted octanol–water partition coefficient (Wildman–Crippen LogP) is 4.33. The largest absolute Gasteiger partial charge is 0.368 e. The first kappa shape index (κ1) is 17.7. The number of hydrogen-bond acceptors (Lipinski definition) is 3. The van der Waals surface area contributed by atoms with Crippen molar-refractivity contribution in [3.05, 3.63) is 22.7 Å². The number of allylic oxidation sites excluding steroid dienone is 1. The summed E-state index contributed by atoms with van der Waals surface area (Å²) in [6, 6.07) is 0. The lowest BCUT2D eigenvalue weighted by atomic mass is 9.86. The molecular weight excluding hydrogens is 344 g/mol. The van der Waals surface area contributed by atoms with E-state index in [0.717, 1.165) is 35.7 Å². The first-order valence-corrected chi connectivity index (χ1v) is 8.60. The van der Waals surface area contributed by atoms with E-state index in [-0.39, 0.29) is 6.10 Å². The standard InChI is InChI=1S/C18H25BrO3/c1-14(2)10-13-20-12-7-9-16-18(22-17(3,4)21-16)11-6-5-8-15(18)19/h8,16H,1,5-6,10-13H2,2-4H3/t16-,18+/m0/s1. The molecule has 0 N–H and O–H groups in total. The molecule has 3 nitrogen and oxygen atoms in total. The lowest BCUT2D eigenvalue weighted by molar-refractivity contribution is -0.155. The molecule has 0 saturated carbocycles. The summed E-state index contributed by atoms with van der Waals surface area (Å²) >= 11 is 3.66. The van der Waals surface area contributed by atoms with Crippen LogP contribution in [0.15, 0.2) is 22.7 Å². The number of hydrogen-bond donors (Lipinski definition) is 0. The van der Waals surface area contributed by atoms with E-state index in [1.165, 1.54) is 0 Å². The minimum Gasteiger partial charge on any atom is -0.368 e. The maximum atomic E-state index is 6.22. The molecule has 0 amide bonds. The highest BCUT2D eigenvalue weighted by molar-refractivity contribution is 9.11. The minimum absolute atomic E-state index is 0.266. The molecule has 0 aromatic rings. The monoisotopic (exact) mass is 368 g/mol. The van der Waals surface area contributed by atoms with Gasteiger partial charge in [-0.05, 0) is 46.5 Å². The first-order valence-electron chi connectivity index (χ1n) is 7.80. The van der Waals surface area contributed by atoms with Gasteiger partial charge in [-0.1, -0.05) is 39.4 Å². The molecule has 0 aromatic heterocycles. The van der Waals surface area contributed by atoms with Crippen LogP contribution in [0.4, 0.5) is 0 Å². The van der Waals surface area contributed by atoms with Gasteiger partial charge in [-0.25, -0.2) is 0 Å². The topological polar surface area (TPSA) is 27.7 Å². The Morgan fingerprint density at radius 1 is 1.55 bits per heavy atom. The van der Waals surface area contributed by atoms with Crippen LogP contribution in [0.2, 0.25) is 0 Å². The van der Waals surface area contributed by atoms with Crippen molar-refractivity contribution in [1.29, 1.82) is 0 Å². The Hall–Kier alpha value is -0.600. The molecular formula is C18H25BrO3. The van der Waals surface area contributed by atoms with Crippen LogP contribution >= 0.6 is 15.9 Å². The zero-order valence-corrected chi connectivity index (χ0v) is 15.3. The Kier molecular flexibility index (Phi) is 5.90. The Bertz CT molecular complexity index is 512. The number of halogens is 1. The third-order valence-corrected chi connectivity index (χ3v) is 4.81. The van der Waals surface area contributed by atoms with Gasteiger partial charge in [-0.2, -0.15) is 0 Å². The summed E-state index contributed by atoms with van der Waals surface area (Å²) in [5, 5.41) is 0. The van der Waals surface area contributed by atoms with Crippen LogP contribution in [0.5, 0.6) is 0 Å². The summed E-state index contributed by atoms with van der Waals surface area (Å²) in [7, 11) is 0. The third kappa shape index (κ3) is 4.23. The highest BCUT2D eigenvalue weighted by Crippen LogP contribution is 2.48. The molecule has 4 heteroatoms. The molecule has 122 valence electrons. The Labute approximate surface area is 142 Å². The molecule has 1 spiro atoms. The quantitative estimate of drug-likeness (QED) is 0.420. The fraction of sp³-hybridized carbons (Fsp3) is 0.667. The van der Waals surface area contributed by atoms with Crippen molar-refractivity contribution in [2.75, 3.05) is 13.2 Å². The molecule has 1 fully saturated rings. The van der Waals surface area contributed by atoms with E-state index in [9.17, 15) is 0 Å². The smallest absolute Gasteiger partial charge is 0.166 e. The molecule has 0 aromatic carbocycles. The number of rotatable bonds is 4. The normalized spacial score (nSPS) is 29.8. The van der Waals surface area contributed by atoms with E-state index in [1.54, 1.807) is 0 Å². The molecule has 0 bridgehead atoms. The summed E-state index contributed by atoms with van der Waals surface area (Å²) in [6.07, 6.45) is 5.85. The van der Waals surface area contributed by atoms with E-state index >= 15 is 0 Å². The summed E-state index contributed by atoms with van der Waals surface area (Å²) in [6.45, 7) is 10.8. The van der Waals surface area contributed by atoms with Crippen LogP contribution in [0.1, 0.15) is 46.5 Å². The van der Waals surface area contributed by atoms with Gasteiger partial charge in [0.15, 0.2) is 11.9 Å². The minimum atomic E-state index is -0.621. The van der Waals surface area contributed by atoms with Crippen molar-refractivity contribution in [3.63, 3.8) is 0 Å². The van der Waals surface area contributed by atoms with Crippen LogP contribution in [0.25, 0.3) is 0 Å². The summed E-state index contributed by atoms with van der Waals surface area (Å²) in [5.41, 5.74) is 0.657. The second-order valence-corrected chi connectivity index (χ2v) is 7.27. The van der Waals surface area contributed by atoms with Gasteiger partial charge in [0, 0.05) is 4.48 Å². The number of ether oxygens (including phenoxy) is 3. The van der Waals surface area contributed by atoms with E-state index in [0.29, 0.717) is 13.2 Å². The molecule has 1 saturated heterocycles. The maximum Gasteiger partial charge on any atom is 0.166 e. The van der Waals surface area contributed by atoms with Crippen molar-refractivity contribution in [3.8, 4) is 11.8 Å². The van der Waals surface area contributed by atoms with E-state index in [4.69, 9.17) is 14.2 Å². The fourth-order valence-corrected chi connectivity index (χ4v) is 3.50. The van der Waals surface area contributed by atoms with Gasteiger partial charge in [0.05, 0.1) is 6.61 Å². The molecule has 2 atom stereocenters. The zero-order chi connectivity index (χ0) is 16.2. The van der Waals surface area contributed by atoms with Crippen molar-refractivity contribution < 1.29 is 14.2 Å². The third-order valence-electron chi connectivity index (χ3n) is 3.81. The van der Waals surface area contributed by atoms with E-state index in [1.807, 2.05) is 20.8 Å². The van der Waals surface area contributed by atoms with Crippen molar-refractivity contribution in [1.82, 2.24) is 0 Å². The van der Waals surface area contributed by atoms with Crippen LogP contribution in [0.3, 0.4) is 0 Å². The van der Waals surface area contributed by atoms with Gasteiger partial charge in [0.1, 0.15) is 12.2 Å².